The summed E-state index contributed by atoms with van der Waals surface area (Å²) in [5, 5.41) is 9.26. The smallest absolute Gasteiger partial charge is 0.233 e. The van der Waals surface area contributed by atoms with Gasteiger partial charge in [-0.1, -0.05) is 30.7 Å². The van der Waals surface area contributed by atoms with Crippen LogP contribution in [0.25, 0.3) is 6.08 Å². The summed E-state index contributed by atoms with van der Waals surface area (Å²) in [6.45, 7) is 2.83. The molecule has 5 rings (SSSR count). The first kappa shape index (κ1) is 24.5. The molecular weight excluding hydrogens is 458 g/mol. The minimum Gasteiger partial charge on any atom is -0.489 e. The summed E-state index contributed by atoms with van der Waals surface area (Å²) in [5.74, 6) is 1.11. The maximum absolute atomic E-state index is 13.0. The van der Waals surface area contributed by atoms with Crippen LogP contribution >= 0.6 is 0 Å². The molecule has 1 aromatic heterocycles. The van der Waals surface area contributed by atoms with Gasteiger partial charge >= 0.3 is 0 Å². The van der Waals surface area contributed by atoms with Gasteiger partial charge in [0.2, 0.25) is 11.8 Å². The van der Waals surface area contributed by atoms with Gasteiger partial charge in [0.25, 0.3) is 0 Å². The lowest BCUT2D eigenvalue weighted by atomic mass is 9.69. The Morgan fingerprint density at radius 1 is 1.14 bits per heavy atom. The van der Waals surface area contributed by atoms with Crippen molar-refractivity contribution in [2.24, 2.45) is 17.8 Å². The second kappa shape index (κ2) is 10.4. The topological polar surface area (TPSA) is 89.2 Å². The quantitative estimate of drug-likeness (QED) is 0.414. The third-order valence-corrected chi connectivity index (χ3v) is 7.75. The van der Waals surface area contributed by atoms with Crippen molar-refractivity contribution >= 4 is 17.9 Å². The Morgan fingerprint density at radius 2 is 1.94 bits per heavy atom. The molecular formula is C29H33NO6. The number of para-hydroxylation sites is 1. The van der Waals surface area contributed by atoms with Crippen LogP contribution in [0.1, 0.15) is 44.1 Å². The van der Waals surface area contributed by atoms with Crippen LogP contribution in [0.15, 0.2) is 63.6 Å². The molecule has 1 N–H and O–H groups in total. The zero-order chi connectivity index (χ0) is 25.2. The SMILES string of the molecule is CC/C(=C\c1ccc(CO)o1)CC[C@H]1OC[C@H]2C1=C(COc1ccccc1)C[C@H]1C(=O)N(C)C(=O)[C@H]12. The minimum atomic E-state index is -0.343. The number of aliphatic hydroxyl groups excluding tert-OH is 1. The molecule has 0 saturated carbocycles. The van der Waals surface area contributed by atoms with Crippen molar-refractivity contribution in [1.29, 1.82) is 0 Å². The van der Waals surface area contributed by atoms with E-state index in [1.54, 1.807) is 13.1 Å². The van der Waals surface area contributed by atoms with Gasteiger partial charge in [-0.05, 0) is 67.2 Å². The number of nitrogens with zero attached hydrogens (tertiary/aromatic N) is 1. The van der Waals surface area contributed by atoms with Gasteiger partial charge in [-0.3, -0.25) is 14.5 Å². The van der Waals surface area contributed by atoms with Crippen LogP contribution in [0.5, 0.6) is 5.75 Å². The summed E-state index contributed by atoms with van der Waals surface area (Å²) in [5.41, 5.74) is 3.47. The average molecular weight is 492 g/mol. The molecule has 7 nitrogen and oxygen atoms in total. The number of imide groups is 1. The van der Waals surface area contributed by atoms with Crippen LogP contribution in [0.3, 0.4) is 0 Å². The Hall–Kier alpha value is -3.16. The van der Waals surface area contributed by atoms with E-state index in [-0.39, 0.29) is 42.3 Å². The zero-order valence-electron chi connectivity index (χ0n) is 20.8. The first-order valence-electron chi connectivity index (χ1n) is 12.7. The first-order valence-corrected chi connectivity index (χ1v) is 12.7. The molecule has 0 bridgehead atoms. The van der Waals surface area contributed by atoms with E-state index in [4.69, 9.17) is 13.9 Å². The number of rotatable bonds is 9. The third-order valence-electron chi connectivity index (χ3n) is 7.75. The van der Waals surface area contributed by atoms with E-state index < -0.39 is 0 Å². The fourth-order valence-electron chi connectivity index (χ4n) is 5.88. The molecule has 1 aliphatic carbocycles. The average Bonchev–Trinajstić information content (AvgIpc) is 3.60. The molecule has 1 aromatic carbocycles. The molecule has 3 aliphatic rings. The van der Waals surface area contributed by atoms with Gasteiger partial charge in [-0.2, -0.15) is 0 Å². The summed E-state index contributed by atoms with van der Waals surface area (Å²) in [6.07, 6.45) is 4.93. The normalized spacial score (nSPS) is 26.0. The minimum absolute atomic E-state index is 0.0873. The van der Waals surface area contributed by atoms with Crippen LogP contribution in [-0.4, -0.2) is 48.2 Å². The van der Waals surface area contributed by atoms with Crippen molar-refractivity contribution in [3.63, 3.8) is 0 Å². The van der Waals surface area contributed by atoms with Crippen LogP contribution in [0, 0.1) is 17.8 Å². The molecule has 0 radical (unpaired) electrons. The lowest BCUT2D eigenvalue weighted by molar-refractivity contribution is -0.138. The Bertz CT molecular complexity index is 1180. The van der Waals surface area contributed by atoms with Crippen LogP contribution < -0.4 is 4.74 Å². The zero-order valence-corrected chi connectivity index (χ0v) is 20.8. The molecule has 3 heterocycles. The predicted molar refractivity (Wildman–Crippen MR) is 134 cm³/mol. The number of benzene rings is 1. The van der Waals surface area contributed by atoms with E-state index in [1.807, 2.05) is 42.5 Å². The van der Waals surface area contributed by atoms with E-state index in [0.717, 1.165) is 41.9 Å². The second-order valence-electron chi connectivity index (χ2n) is 9.82. The summed E-state index contributed by atoms with van der Waals surface area (Å²) >= 11 is 0. The molecule has 0 unspecified atom stereocenters. The van der Waals surface area contributed by atoms with Crippen molar-refractivity contribution in [3.8, 4) is 5.75 Å². The summed E-state index contributed by atoms with van der Waals surface area (Å²) in [4.78, 5) is 27.1. The van der Waals surface area contributed by atoms with Crippen LogP contribution in [-0.2, 0) is 20.9 Å². The molecule has 190 valence electrons. The van der Waals surface area contributed by atoms with Crippen molar-refractivity contribution < 1.29 is 28.6 Å². The standard InChI is InChI=1S/C29H33NO6/c1-3-18(13-21-10-11-22(15-31)36-21)9-12-25-26-19(16-34-20-7-5-4-6-8-20)14-23-27(24(26)17-35-25)29(33)30(2)28(23)32/h4-8,10-11,13,23-25,27,31H,3,9,12,14-17H2,1-2H3/b18-13+/t23-,24+,25-,27-/m1/s1. The lowest BCUT2D eigenvalue weighted by Crippen LogP contribution is -2.35. The molecule has 0 spiro atoms. The molecule has 2 aliphatic heterocycles. The number of amides is 2. The molecule has 4 atom stereocenters. The van der Waals surface area contributed by atoms with E-state index in [2.05, 4.69) is 6.92 Å². The number of ether oxygens (including phenoxy) is 2. The fourth-order valence-corrected chi connectivity index (χ4v) is 5.88. The number of likely N-dealkylation sites (tertiary alicyclic amines) is 1. The van der Waals surface area contributed by atoms with Gasteiger partial charge in [-0.25, -0.2) is 0 Å². The Labute approximate surface area is 211 Å². The van der Waals surface area contributed by atoms with Crippen LogP contribution in [0.4, 0.5) is 0 Å². The maximum Gasteiger partial charge on any atom is 0.233 e. The molecule has 2 saturated heterocycles. The van der Waals surface area contributed by atoms with Crippen molar-refractivity contribution in [3.05, 3.63) is 70.7 Å². The maximum atomic E-state index is 13.0. The van der Waals surface area contributed by atoms with Crippen molar-refractivity contribution in [1.82, 2.24) is 4.90 Å². The predicted octanol–water partition coefficient (Wildman–Crippen LogP) is 4.37. The van der Waals surface area contributed by atoms with Gasteiger partial charge in [0.1, 0.15) is 30.5 Å². The van der Waals surface area contributed by atoms with Gasteiger partial charge in [-0.15, -0.1) is 0 Å². The number of furan rings is 1. The Balaban J connectivity index is 1.38. The highest BCUT2D eigenvalue weighted by Crippen LogP contribution is 2.49. The molecule has 2 fully saturated rings. The van der Waals surface area contributed by atoms with Crippen molar-refractivity contribution in [2.75, 3.05) is 20.3 Å². The molecule has 2 aromatic rings. The molecule has 2 amide bonds. The molecule has 36 heavy (non-hydrogen) atoms. The van der Waals surface area contributed by atoms with Crippen molar-refractivity contribution in [2.45, 2.75) is 45.3 Å². The molecule has 7 heteroatoms. The summed E-state index contributed by atoms with van der Waals surface area (Å²) in [7, 11) is 1.59. The number of hydrogen-bond acceptors (Lipinski definition) is 6. The number of carbonyl (C=O) groups excluding carboxylic acids is 2. The Kier molecular flexibility index (Phi) is 7.12. The van der Waals surface area contributed by atoms with Gasteiger partial charge < -0.3 is 19.0 Å². The monoisotopic (exact) mass is 491 g/mol. The third kappa shape index (κ3) is 4.65. The highest BCUT2D eigenvalue weighted by molar-refractivity contribution is 6.05. The van der Waals surface area contributed by atoms with Gasteiger partial charge in [0, 0.05) is 13.0 Å². The number of allylic oxidation sites excluding steroid dienone is 1. The fraction of sp³-hybridized carbons (Fsp3) is 0.448. The van der Waals surface area contributed by atoms with E-state index in [0.29, 0.717) is 25.4 Å². The highest BCUT2D eigenvalue weighted by Gasteiger charge is 2.56. The summed E-state index contributed by atoms with van der Waals surface area (Å²) in [6, 6.07) is 13.3. The number of carbonyl (C=O) groups is 2. The Morgan fingerprint density at radius 3 is 2.67 bits per heavy atom. The number of fused-ring (bicyclic) bond motifs is 3. The van der Waals surface area contributed by atoms with E-state index >= 15 is 0 Å². The number of aliphatic hydroxyl groups is 1. The first-order chi connectivity index (χ1) is 17.5. The van der Waals surface area contributed by atoms with Gasteiger partial charge in [0.15, 0.2) is 0 Å². The lowest BCUT2D eigenvalue weighted by Gasteiger charge is -2.31. The summed E-state index contributed by atoms with van der Waals surface area (Å²) < 4.78 is 18.0. The second-order valence-corrected chi connectivity index (χ2v) is 9.82. The van der Waals surface area contributed by atoms with E-state index in [9.17, 15) is 14.7 Å². The highest BCUT2D eigenvalue weighted by atomic mass is 16.5. The van der Waals surface area contributed by atoms with Crippen LogP contribution in [0.2, 0.25) is 0 Å². The number of hydrogen-bond donors (Lipinski definition) is 1. The largest absolute Gasteiger partial charge is 0.489 e. The van der Waals surface area contributed by atoms with Gasteiger partial charge in [0.05, 0.1) is 24.5 Å². The van der Waals surface area contributed by atoms with E-state index in [1.165, 1.54) is 10.5 Å².